The zero-order valence-corrected chi connectivity index (χ0v) is 17.8. The number of hydrogen-bond donors (Lipinski definition) is 0. The van der Waals surface area contributed by atoms with E-state index in [4.69, 9.17) is 4.74 Å². The maximum atomic E-state index is 13.1. The van der Waals surface area contributed by atoms with Crippen molar-refractivity contribution in [1.82, 2.24) is 4.90 Å². The van der Waals surface area contributed by atoms with Crippen LogP contribution >= 0.6 is 0 Å². The summed E-state index contributed by atoms with van der Waals surface area (Å²) < 4.78 is 5.60. The van der Waals surface area contributed by atoms with Gasteiger partial charge in [-0.2, -0.15) is 0 Å². The van der Waals surface area contributed by atoms with E-state index in [2.05, 4.69) is 25.7 Å². The molecule has 1 atom stereocenters. The number of rotatable bonds is 13. The van der Waals surface area contributed by atoms with Crippen LogP contribution in [0.3, 0.4) is 0 Å². The molecular weight excluding hydrogens is 352 g/mol. The van der Waals surface area contributed by atoms with E-state index < -0.39 is 0 Å². The van der Waals surface area contributed by atoms with Crippen LogP contribution in [0.25, 0.3) is 0 Å². The van der Waals surface area contributed by atoms with Gasteiger partial charge in [0.1, 0.15) is 5.75 Å². The van der Waals surface area contributed by atoms with E-state index >= 15 is 0 Å². The highest BCUT2D eigenvalue weighted by atomic mass is 16.5. The summed E-state index contributed by atoms with van der Waals surface area (Å²) in [7, 11) is 0. The Kier molecular flexibility index (Phi) is 9.48. The highest BCUT2D eigenvalue weighted by Crippen LogP contribution is 2.28. The van der Waals surface area contributed by atoms with Crippen molar-refractivity contribution < 1.29 is 14.3 Å². The minimum absolute atomic E-state index is 0.0831. The van der Waals surface area contributed by atoms with Crippen LogP contribution in [0.15, 0.2) is 24.3 Å². The summed E-state index contributed by atoms with van der Waals surface area (Å²) in [6.07, 6.45) is 7.99. The molecule has 0 N–H and O–H groups in total. The second-order valence-electron chi connectivity index (χ2n) is 7.58. The molecule has 0 radical (unpaired) electrons. The van der Waals surface area contributed by atoms with Gasteiger partial charge in [-0.15, -0.1) is 0 Å². The number of unbranched alkanes of at least 4 members (excludes halogenated alkanes) is 4. The molecule has 2 rings (SSSR count). The number of imide groups is 1. The Bertz CT molecular complexity index is 605. The van der Waals surface area contributed by atoms with Gasteiger partial charge in [-0.3, -0.25) is 14.5 Å². The van der Waals surface area contributed by atoms with Crippen molar-refractivity contribution in [3.8, 4) is 5.75 Å². The summed E-state index contributed by atoms with van der Waals surface area (Å²) >= 11 is 0. The van der Waals surface area contributed by atoms with E-state index in [1.165, 1.54) is 4.90 Å². The van der Waals surface area contributed by atoms with E-state index in [1.54, 1.807) is 0 Å². The minimum atomic E-state index is -0.322. The first-order valence-corrected chi connectivity index (χ1v) is 11.0. The number of amides is 2. The monoisotopic (exact) mass is 388 g/mol. The van der Waals surface area contributed by atoms with Crippen LogP contribution in [0.5, 0.6) is 5.75 Å². The molecule has 1 aliphatic heterocycles. The zero-order chi connectivity index (χ0) is 20.4. The van der Waals surface area contributed by atoms with Crippen molar-refractivity contribution in [2.24, 2.45) is 0 Å². The normalized spacial score (nSPS) is 17.0. The van der Waals surface area contributed by atoms with E-state index in [-0.39, 0.29) is 24.3 Å². The SMILES string of the molecule is CCCCCN(CCCCC)[C@H]1CC(=O)N(c2ccc(OCCC)cc2)C1=O. The van der Waals surface area contributed by atoms with E-state index in [0.29, 0.717) is 12.3 Å². The quantitative estimate of drug-likeness (QED) is 0.360. The molecule has 1 heterocycles. The van der Waals surface area contributed by atoms with Crippen molar-refractivity contribution in [2.45, 2.75) is 78.2 Å². The van der Waals surface area contributed by atoms with Crippen LogP contribution in [0, 0.1) is 0 Å². The van der Waals surface area contributed by atoms with Crippen molar-refractivity contribution in [3.05, 3.63) is 24.3 Å². The van der Waals surface area contributed by atoms with Gasteiger partial charge in [-0.1, -0.05) is 46.5 Å². The Morgan fingerprint density at radius 1 is 0.929 bits per heavy atom. The van der Waals surface area contributed by atoms with Crippen LogP contribution in [0.4, 0.5) is 5.69 Å². The average molecular weight is 389 g/mol. The summed E-state index contributed by atoms with van der Waals surface area (Å²) in [5, 5.41) is 0. The molecule has 1 aromatic carbocycles. The third-order valence-corrected chi connectivity index (χ3v) is 5.23. The molecule has 1 aromatic rings. The first kappa shape index (κ1) is 22.4. The second kappa shape index (κ2) is 11.8. The van der Waals surface area contributed by atoms with E-state index in [1.807, 2.05) is 24.3 Å². The lowest BCUT2D eigenvalue weighted by molar-refractivity contribution is -0.123. The number of hydrogen-bond acceptors (Lipinski definition) is 4. The molecule has 0 aromatic heterocycles. The van der Waals surface area contributed by atoms with Gasteiger partial charge >= 0.3 is 0 Å². The van der Waals surface area contributed by atoms with Crippen molar-refractivity contribution >= 4 is 17.5 Å². The first-order valence-electron chi connectivity index (χ1n) is 11.0. The molecule has 1 fully saturated rings. The lowest BCUT2D eigenvalue weighted by Gasteiger charge is -2.27. The standard InChI is InChI=1S/C23H36N2O3/c1-4-7-9-15-24(16-10-8-5-2)21-18-22(26)25(23(21)27)19-11-13-20(14-12-19)28-17-6-3/h11-14,21H,4-10,15-18H2,1-3H3/t21-/m0/s1. The zero-order valence-electron chi connectivity index (χ0n) is 17.8. The van der Waals surface area contributed by atoms with E-state index in [0.717, 1.165) is 63.8 Å². The molecule has 5 heteroatoms. The topological polar surface area (TPSA) is 49.9 Å². The number of anilines is 1. The Morgan fingerprint density at radius 3 is 2.07 bits per heavy atom. The fourth-order valence-corrected chi connectivity index (χ4v) is 3.64. The van der Waals surface area contributed by atoms with Crippen LogP contribution < -0.4 is 9.64 Å². The Labute approximate surface area is 170 Å². The predicted molar refractivity (Wildman–Crippen MR) is 114 cm³/mol. The maximum Gasteiger partial charge on any atom is 0.251 e. The highest BCUT2D eigenvalue weighted by molar-refractivity contribution is 6.22. The fraction of sp³-hybridized carbons (Fsp3) is 0.652. The number of ether oxygens (including phenoxy) is 1. The lowest BCUT2D eigenvalue weighted by Crippen LogP contribution is -2.43. The molecule has 1 saturated heterocycles. The number of nitrogens with zero attached hydrogens (tertiary/aromatic N) is 2. The van der Waals surface area contributed by atoms with Crippen LogP contribution in [0.2, 0.25) is 0 Å². The summed E-state index contributed by atoms with van der Waals surface area (Å²) in [5.74, 6) is 0.579. The molecule has 0 bridgehead atoms. The largest absolute Gasteiger partial charge is 0.494 e. The number of benzene rings is 1. The van der Waals surface area contributed by atoms with Crippen molar-refractivity contribution in [1.29, 1.82) is 0 Å². The predicted octanol–water partition coefficient (Wildman–Crippen LogP) is 4.79. The van der Waals surface area contributed by atoms with Crippen LogP contribution in [0.1, 0.15) is 72.1 Å². The molecule has 1 aliphatic rings. The number of carbonyl (C=O) groups is 2. The third-order valence-electron chi connectivity index (χ3n) is 5.23. The summed E-state index contributed by atoms with van der Waals surface area (Å²) in [6, 6.07) is 6.96. The van der Waals surface area contributed by atoms with Gasteiger partial charge in [0.2, 0.25) is 5.91 Å². The van der Waals surface area contributed by atoms with Crippen molar-refractivity contribution in [3.63, 3.8) is 0 Å². The third kappa shape index (κ3) is 6.06. The van der Waals surface area contributed by atoms with Gasteiger partial charge in [-0.05, 0) is 56.6 Å². The van der Waals surface area contributed by atoms with E-state index in [9.17, 15) is 9.59 Å². The Balaban J connectivity index is 2.07. The molecule has 2 amide bonds. The highest BCUT2D eigenvalue weighted by Gasteiger charge is 2.42. The molecule has 5 nitrogen and oxygen atoms in total. The summed E-state index contributed by atoms with van der Waals surface area (Å²) in [6.45, 7) is 8.86. The minimum Gasteiger partial charge on any atom is -0.494 e. The lowest BCUT2D eigenvalue weighted by atomic mass is 10.1. The second-order valence-corrected chi connectivity index (χ2v) is 7.58. The average Bonchev–Trinajstić information content (AvgIpc) is 3.00. The van der Waals surface area contributed by atoms with Gasteiger partial charge in [0.15, 0.2) is 0 Å². The fourth-order valence-electron chi connectivity index (χ4n) is 3.64. The molecule has 156 valence electrons. The van der Waals surface area contributed by atoms with Gasteiger partial charge in [-0.25, -0.2) is 4.90 Å². The smallest absolute Gasteiger partial charge is 0.251 e. The van der Waals surface area contributed by atoms with Gasteiger partial charge in [0.25, 0.3) is 5.91 Å². The van der Waals surface area contributed by atoms with Crippen LogP contribution in [-0.4, -0.2) is 42.5 Å². The van der Waals surface area contributed by atoms with Gasteiger partial charge in [0.05, 0.1) is 24.8 Å². The first-order chi connectivity index (χ1) is 13.6. The molecule has 0 saturated carbocycles. The molecule has 0 spiro atoms. The molecule has 28 heavy (non-hydrogen) atoms. The van der Waals surface area contributed by atoms with Gasteiger partial charge < -0.3 is 4.74 Å². The molecule has 0 unspecified atom stereocenters. The van der Waals surface area contributed by atoms with Crippen molar-refractivity contribution in [2.75, 3.05) is 24.6 Å². The summed E-state index contributed by atoms with van der Waals surface area (Å²) in [5.41, 5.74) is 0.642. The summed E-state index contributed by atoms with van der Waals surface area (Å²) in [4.78, 5) is 29.4. The van der Waals surface area contributed by atoms with Gasteiger partial charge in [0, 0.05) is 0 Å². The molecular formula is C23H36N2O3. The Hall–Kier alpha value is -1.88. The number of carbonyl (C=O) groups excluding carboxylic acids is 2. The maximum absolute atomic E-state index is 13.1. The molecule has 0 aliphatic carbocycles. The Morgan fingerprint density at radius 2 is 1.54 bits per heavy atom. The van der Waals surface area contributed by atoms with Crippen LogP contribution in [-0.2, 0) is 9.59 Å².